The first-order chi connectivity index (χ1) is 11.6. The van der Waals surface area contributed by atoms with Gasteiger partial charge in [-0.25, -0.2) is 4.79 Å². The minimum Gasteiger partial charge on any atom is -0.354 e. The second-order valence-electron chi connectivity index (χ2n) is 5.47. The molecule has 24 heavy (non-hydrogen) atoms. The minimum atomic E-state index is -0.462. The summed E-state index contributed by atoms with van der Waals surface area (Å²) in [4.78, 5) is 39.1. The van der Waals surface area contributed by atoms with E-state index in [9.17, 15) is 14.4 Å². The quantitative estimate of drug-likeness (QED) is 0.739. The topological polar surface area (TPSA) is 84.0 Å². The molecule has 7 heteroatoms. The van der Waals surface area contributed by atoms with Crippen molar-refractivity contribution in [3.63, 3.8) is 0 Å². The van der Waals surface area contributed by atoms with Gasteiger partial charge in [0.2, 0.25) is 5.91 Å². The van der Waals surface area contributed by atoms with E-state index in [0.29, 0.717) is 10.2 Å². The molecule has 1 amide bonds. The second-order valence-corrected chi connectivity index (χ2v) is 6.39. The van der Waals surface area contributed by atoms with Crippen LogP contribution in [-0.4, -0.2) is 22.0 Å². The molecule has 1 aromatic carbocycles. The summed E-state index contributed by atoms with van der Waals surface area (Å²) in [5.41, 5.74) is 0.684. The number of benzene rings is 1. The van der Waals surface area contributed by atoms with Crippen LogP contribution >= 0.6 is 11.3 Å². The van der Waals surface area contributed by atoms with Crippen LogP contribution < -0.4 is 16.6 Å². The molecule has 0 aliphatic carbocycles. The predicted octanol–water partition coefficient (Wildman–Crippen LogP) is 1.67. The Kier molecular flexibility index (Phi) is 4.61. The zero-order valence-corrected chi connectivity index (χ0v) is 13.9. The maximum absolute atomic E-state index is 12.3. The number of aromatic amines is 1. The van der Waals surface area contributed by atoms with Gasteiger partial charge in [-0.15, -0.1) is 11.3 Å². The summed E-state index contributed by atoms with van der Waals surface area (Å²) < 4.78 is 1.63. The molecule has 0 radical (unpaired) electrons. The lowest BCUT2D eigenvalue weighted by Gasteiger charge is -2.12. The van der Waals surface area contributed by atoms with Gasteiger partial charge < -0.3 is 10.3 Å². The fourth-order valence-electron chi connectivity index (χ4n) is 2.51. The standard InChI is InChI=1S/C17H17N3O3S/c1-11(12-5-3-2-4-6-12)15(21)18-8-9-20-16(22)14-13(7-10-24-14)19-17(20)23/h2-7,10-11H,8-9H2,1H3,(H,18,21)(H,19,23)/t11-/m0/s1. The molecule has 0 bridgehead atoms. The largest absolute Gasteiger partial charge is 0.354 e. The number of amides is 1. The van der Waals surface area contributed by atoms with Crippen LogP contribution in [0.25, 0.3) is 10.2 Å². The van der Waals surface area contributed by atoms with Crippen LogP contribution in [0, 0.1) is 0 Å². The average Bonchev–Trinajstić information content (AvgIpc) is 3.06. The number of thiophene rings is 1. The number of fused-ring (bicyclic) bond motifs is 1. The van der Waals surface area contributed by atoms with Gasteiger partial charge in [-0.2, -0.15) is 0 Å². The number of carbonyl (C=O) groups is 1. The number of nitrogens with zero attached hydrogens (tertiary/aromatic N) is 1. The number of aromatic nitrogens is 2. The molecule has 6 nitrogen and oxygen atoms in total. The smallest absolute Gasteiger partial charge is 0.328 e. The van der Waals surface area contributed by atoms with Crippen LogP contribution in [-0.2, 0) is 11.3 Å². The summed E-state index contributed by atoms with van der Waals surface area (Å²) in [6.45, 7) is 2.17. The lowest BCUT2D eigenvalue weighted by atomic mass is 10.0. The first-order valence-corrected chi connectivity index (χ1v) is 8.49. The summed E-state index contributed by atoms with van der Waals surface area (Å²) in [6.07, 6.45) is 0. The Bertz CT molecular complexity index is 972. The van der Waals surface area contributed by atoms with E-state index in [4.69, 9.17) is 0 Å². The molecule has 1 atom stereocenters. The average molecular weight is 343 g/mol. The van der Waals surface area contributed by atoms with Gasteiger partial charge in [-0.3, -0.25) is 14.2 Å². The van der Waals surface area contributed by atoms with E-state index in [-0.39, 0.29) is 30.5 Å². The maximum Gasteiger partial charge on any atom is 0.328 e. The molecule has 124 valence electrons. The van der Waals surface area contributed by atoms with Crippen LogP contribution in [0.2, 0.25) is 0 Å². The summed E-state index contributed by atoms with van der Waals surface area (Å²) in [5.74, 6) is -0.427. The highest BCUT2D eigenvalue weighted by atomic mass is 32.1. The minimum absolute atomic E-state index is 0.134. The van der Waals surface area contributed by atoms with Gasteiger partial charge in [0, 0.05) is 13.1 Å². The SMILES string of the molecule is C[C@H](C(=O)NCCn1c(=O)[nH]c2ccsc2c1=O)c1ccccc1. The van der Waals surface area contributed by atoms with Crippen LogP contribution in [0.3, 0.4) is 0 Å². The first kappa shape index (κ1) is 16.2. The lowest BCUT2D eigenvalue weighted by Crippen LogP contribution is -2.39. The Hall–Kier alpha value is -2.67. The Morgan fingerprint density at radius 2 is 2.00 bits per heavy atom. The number of hydrogen-bond donors (Lipinski definition) is 2. The molecule has 2 N–H and O–H groups in total. The number of H-pyrrole nitrogens is 1. The zero-order chi connectivity index (χ0) is 17.1. The van der Waals surface area contributed by atoms with E-state index in [2.05, 4.69) is 10.3 Å². The van der Waals surface area contributed by atoms with E-state index in [1.54, 1.807) is 11.4 Å². The van der Waals surface area contributed by atoms with Crippen molar-refractivity contribution in [3.05, 3.63) is 68.2 Å². The second kappa shape index (κ2) is 6.84. The molecule has 0 saturated heterocycles. The molecule has 0 saturated carbocycles. The van der Waals surface area contributed by atoms with Crippen LogP contribution in [0.5, 0.6) is 0 Å². The van der Waals surface area contributed by atoms with Gasteiger partial charge in [0.1, 0.15) is 4.70 Å². The number of hydrogen-bond acceptors (Lipinski definition) is 4. The fourth-order valence-corrected chi connectivity index (χ4v) is 3.31. The third-order valence-electron chi connectivity index (χ3n) is 3.92. The van der Waals surface area contributed by atoms with E-state index < -0.39 is 5.69 Å². The van der Waals surface area contributed by atoms with Crippen LogP contribution in [0.1, 0.15) is 18.4 Å². The molecule has 0 unspecified atom stereocenters. The molecular formula is C17H17N3O3S. The summed E-state index contributed by atoms with van der Waals surface area (Å²) in [6, 6.07) is 11.2. The van der Waals surface area contributed by atoms with Crippen molar-refractivity contribution in [3.8, 4) is 0 Å². The van der Waals surface area contributed by atoms with E-state index in [0.717, 1.165) is 10.1 Å². The number of nitrogens with one attached hydrogen (secondary N) is 2. The highest BCUT2D eigenvalue weighted by Gasteiger charge is 2.15. The van der Waals surface area contributed by atoms with E-state index in [1.807, 2.05) is 37.3 Å². The van der Waals surface area contributed by atoms with Crippen molar-refractivity contribution in [2.75, 3.05) is 6.54 Å². The normalized spacial score (nSPS) is 12.2. The molecule has 0 fully saturated rings. The predicted molar refractivity (Wildman–Crippen MR) is 94.6 cm³/mol. The molecule has 3 rings (SSSR count). The summed E-state index contributed by atoms with van der Waals surface area (Å²) >= 11 is 1.29. The Morgan fingerprint density at radius 1 is 1.25 bits per heavy atom. The first-order valence-electron chi connectivity index (χ1n) is 7.61. The van der Waals surface area contributed by atoms with Crippen molar-refractivity contribution >= 4 is 27.5 Å². The van der Waals surface area contributed by atoms with Crippen LogP contribution in [0.15, 0.2) is 51.4 Å². The lowest BCUT2D eigenvalue weighted by molar-refractivity contribution is -0.122. The third-order valence-corrected chi connectivity index (χ3v) is 4.82. The van der Waals surface area contributed by atoms with E-state index >= 15 is 0 Å². The van der Waals surface area contributed by atoms with Gasteiger partial charge in [-0.05, 0) is 23.9 Å². The molecule has 2 heterocycles. The molecular weight excluding hydrogens is 326 g/mol. The highest BCUT2D eigenvalue weighted by Crippen LogP contribution is 2.14. The zero-order valence-electron chi connectivity index (χ0n) is 13.1. The molecule has 2 aromatic heterocycles. The third kappa shape index (κ3) is 3.16. The fraction of sp³-hybridized carbons (Fsp3) is 0.235. The Labute approximate surface area is 141 Å². The highest BCUT2D eigenvalue weighted by molar-refractivity contribution is 7.17. The van der Waals surface area contributed by atoms with Crippen molar-refractivity contribution in [1.82, 2.24) is 14.9 Å². The van der Waals surface area contributed by atoms with Gasteiger partial charge in [0.25, 0.3) is 5.56 Å². The van der Waals surface area contributed by atoms with Crippen molar-refractivity contribution in [1.29, 1.82) is 0 Å². The van der Waals surface area contributed by atoms with E-state index in [1.165, 1.54) is 11.3 Å². The van der Waals surface area contributed by atoms with Crippen molar-refractivity contribution < 1.29 is 4.79 Å². The van der Waals surface area contributed by atoms with Gasteiger partial charge in [-0.1, -0.05) is 30.3 Å². The molecule has 0 aliphatic heterocycles. The van der Waals surface area contributed by atoms with Crippen molar-refractivity contribution in [2.45, 2.75) is 19.4 Å². The Balaban J connectivity index is 1.68. The number of carbonyl (C=O) groups excluding carboxylic acids is 1. The molecule has 0 spiro atoms. The van der Waals surface area contributed by atoms with Gasteiger partial charge in [0.15, 0.2) is 0 Å². The van der Waals surface area contributed by atoms with Gasteiger partial charge in [0.05, 0.1) is 11.4 Å². The van der Waals surface area contributed by atoms with Crippen LogP contribution in [0.4, 0.5) is 0 Å². The van der Waals surface area contributed by atoms with Crippen molar-refractivity contribution in [2.24, 2.45) is 0 Å². The maximum atomic E-state index is 12.3. The number of rotatable bonds is 5. The summed E-state index contributed by atoms with van der Waals surface area (Å²) in [7, 11) is 0. The monoisotopic (exact) mass is 343 g/mol. The van der Waals surface area contributed by atoms with Gasteiger partial charge >= 0.3 is 5.69 Å². The molecule has 3 aromatic rings. The molecule has 0 aliphatic rings. The Morgan fingerprint density at radius 3 is 2.75 bits per heavy atom. The summed E-state index contributed by atoms with van der Waals surface area (Å²) in [5, 5.41) is 4.54.